The molecule has 0 spiro atoms. The highest BCUT2D eigenvalue weighted by atomic mass is 35.5. The molecule has 0 radical (unpaired) electrons. The van der Waals surface area contributed by atoms with Crippen molar-refractivity contribution >= 4 is 28.6 Å². The summed E-state index contributed by atoms with van der Waals surface area (Å²) in [6, 6.07) is 4.43. The molecule has 0 N–H and O–H groups in total. The first-order chi connectivity index (χ1) is 20.8. The van der Waals surface area contributed by atoms with Crippen molar-refractivity contribution in [3.8, 4) is 0 Å². The van der Waals surface area contributed by atoms with Gasteiger partial charge in [0.05, 0.1) is 5.56 Å². The molecule has 7 nitrogen and oxygen atoms in total. The van der Waals surface area contributed by atoms with Gasteiger partial charge < -0.3 is 14.2 Å². The zero-order valence-corrected chi connectivity index (χ0v) is 25.5. The van der Waals surface area contributed by atoms with E-state index in [1.165, 1.54) is 25.0 Å². The number of aryl methyl sites for hydroxylation is 2. The fourth-order valence-corrected chi connectivity index (χ4v) is 6.13. The molecule has 244 valence electrons. The van der Waals surface area contributed by atoms with Gasteiger partial charge in [-0.05, 0) is 61.9 Å². The van der Waals surface area contributed by atoms with Gasteiger partial charge in [0.1, 0.15) is 5.82 Å². The number of imidazole rings is 1. The van der Waals surface area contributed by atoms with Gasteiger partial charge in [-0.15, -0.1) is 0 Å². The molecule has 15 heteroatoms. The molecule has 44 heavy (non-hydrogen) atoms. The second kappa shape index (κ2) is 14.2. The lowest BCUT2D eigenvalue weighted by Crippen LogP contribution is -2.56. The van der Waals surface area contributed by atoms with E-state index in [0.29, 0.717) is 42.2 Å². The van der Waals surface area contributed by atoms with Crippen LogP contribution in [0.5, 0.6) is 0 Å². The Morgan fingerprint density at radius 2 is 1.64 bits per heavy atom. The quantitative estimate of drug-likeness (QED) is 0.218. The highest BCUT2D eigenvalue weighted by Gasteiger charge is 2.50. The van der Waals surface area contributed by atoms with E-state index in [9.17, 15) is 30.7 Å². The van der Waals surface area contributed by atoms with E-state index in [1.807, 2.05) is 25.5 Å². The Morgan fingerprint density at radius 1 is 1.02 bits per heavy atom. The Labute approximate surface area is 256 Å². The molecule has 1 aromatic carbocycles. The topological polar surface area (TPSA) is 59.3 Å². The number of hydrogen-bond acceptors (Lipinski definition) is 6. The van der Waals surface area contributed by atoms with Gasteiger partial charge in [-0.3, -0.25) is 4.90 Å². The molecule has 2 saturated heterocycles. The second-order valence-electron chi connectivity index (χ2n) is 11.3. The summed E-state index contributed by atoms with van der Waals surface area (Å²) in [5.41, 5.74) is 1.13. The molecule has 4 heterocycles. The van der Waals surface area contributed by atoms with E-state index < -0.39 is 30.6 Å². The number of alkyl halides is 7. The van der Waals surface area contributed by atoms with Crippen molar-refractivity contribution in [1.82, 2.24) is 24.4 Å². The summed E-state index contributed by atoms with van der Waals surface area (Å²) in [6.07, 6.45) is -2.45. The fraction of sp³-hybridized carbons (Fsp3) is 0.621. The van der Waals surface area contributed by atoms with Crippen LogP contribution in [0, 0.1) is 12.8 Å². The molecule has 2 atom stereocenters. The van der Waals surface area contributed by atoms with Gasteiger partial charge in [-0.1, -0.05) is 12.1 Å². The Morgan fingerprint density at radius 3 is 2.14 bits per heavy atom. The largest absolute Gasteiger partial charge is 0.416 e. The van der Waals surface area contributed by atoms with E-state index in [1.54, 1.807) is 0 Å². The van der Waals surface area contributed by atoms with Crippen molar-refractivity contribution in [2.24, 2.45) is 13.0 Å². The standard InChI is InChI=1S/C24H26ClF5N6.C4H8O.CH2F2/c1-13-12-35(8-9-36(13)21-18-20(32-22(25)33-21)34(3)14(2)31-18)19(16-10-23(26,27)11-16)15-4-6-17(7-5-15)24(28,29)30;1-2-4-5-3-1;2-1-3/h4-7,13,16,19H,8-12H2,1-3H3;1-4H2;1H2. The maximum Gasteiger partial charge on any atom is 0.416 e. The minimum Gasteiger partial charge on any atom is -0.381 e. The number of anilines is 1. The zero-order chi connectivity index (χ0) is 32.2. The van der Waals surface area contributed by atoms with Crippen LogP contribution < -0.4 is 4.90 Å². The van der Waals surface area contributed by atoms with Crippen molar-refractivity contribution in [1.29, 1.82) is 0 Å². The minimum absolute atomic E-state index is 0.0761. The molecular formula is C29H36ClF7N6O. The number of piperazine rings is 1. The molecular weight excluding hydrogens is 617 g/mol. The summed E-state index contributed by atoms with van der Waals surface area (Å²) in [6.45, 7) is 5.68. The van der Waals surface area contributed by atoms with Gasteiger partial charge >= 0.3 is 6.18 Å². The van der Waals surface area contributed by atoms with Crippen LogP contribution in [0.1, 0.15) is 55.6 Å². The molecule has 3 aromatic rings. The van der Waals surface area contributed by atoms with Gasteiger partial charge in [0.2, 0.25) is 18.1 Å². The van der Waals surface area contributed by atoms with E-state index in [0.717, 1.165) is 31.2 Å². The Hall–Kier alpha value is -2.71. The Balaban J connectivity index is 0.000000487. The maximum absolute atomic E-state index is 13.8. The lowest BCUT2D eigenvalue weighted by Gasteiger charge is -2.49. The number of aromatic nitrogens is 4. The van der Waals surface area contributed by atoms with Crippen LogP contribution in [-0.4, -0.2) is 76.2 Å². The monoisotopic (exact) mass is 652 g/mol. The van der Waals surface area contributed by atoms with Gasteiger partial charge in [0, 0.05) is 64.8 Å². The number of halogens is 8. The molecule has 3 aliphatic rings. The van der Waals surface area contributed by atoms with Crippen molar-refractivity contribution in [2.75, 3.05) is 44.7 Å². The predicted octanol–water partition coefficient (Wildman–Crippen LogP) is 7.32. The van der Waals surface area contributed by atoms with Crippen LogP contribution in [-0.2, 0) is 18.0 Å². The molecule has 2 aliphatic heterocycles. The van der Waals surface area contributed by atoms with Crippen LogP contribution in [0.3, 0.4) is 0 Å². The Bertz CT molecular complexity index is 1370. The number of rotatable bonds is 4. The van der Waals surface area contributed by atoms with Crippen LogP contribution in [0.15, 0.2) is 24.3 Å². The first-order valence-corrected chi connectivity index (χ1v) is 14.8. The molecule has 0 bridgehead atoms. The SMILES string of the molecule is C1CCOC1.Cc1nc2c(N3CCN(C(c4ccc(C(F)(F)F)cc4)C4CC(F)(F)C4)CC3C)nc(Cl)nc2n1C.FCF. The first kappa shape index (κ1) is 34.2. The number of nitrogens with zero attached hydrogens (tertiary/aromatic N) is 6. The molecule has 1 aliphatic carbocycles. The minimum atomic E-state index is -4.45. The van der Waals surface area contributed by atoms with Crippen LogP contribution in [0.4, 0.5) is 36.6 Å². The molecule has 2 unspecified atom stereocenters. The van der Waals surface area contributed by atoms with E-state index in [4.69, 9.17) is 16.3 Å². The lowest BCUT2D eigenvalue weighted by molar-refractivity contribution is -0.137. The highest BCUT2D eigenvalue weighted by molar-refractivity contribution is 6.28. The smallest absolute Gasteiger partial charge is 0.381 e. The van der Waals surface area contributed by atoms with Gasteiger partial charge in [-0.2, -0.15) is 23.1 Å². The van der Waals surface area contributed by atoms with Gasteiger partial charge in [0.25, 0.3) is 0 Å². The lowest BCUT2D eigenvalue weighted by atomic mass is 9.73. The van der Waals surface area contributed by atoms with E-state index >= 15 is 0 Å². The average molecular weight is 653 g/mol. The molecule has 1 saturated carbocycles. The third-order valence-corrected chi connectivity index (χ3v) is 8.37. The molecule has 3 fully saturated rings. The van der Waals surface area contributed by atoms with E-state index in [2.05, 4.69) is 24.8 Å². The summed E-state index contributed by atoms with van der Waals surface area (Å²) in [5.74, 6) is -1.69. The highest BCUT2D eigenvalue weighted by Crippen LogP contribution is 2.51. The van der Waals surface area contributed by atoms with Crippen molar-refractivity contribution in [3.63, 3.8) is 0 Å². The van der Waals surface area contributed by atoms with Crippen molar-refractivity contribution in [3.05, 3.63) is 46.5 Å². The summed E-state index contributed by atoms with van der Waals surface area (Å²) in [5, 5.41) is 0.106. The summed E-state index contributed by atoms with van der Waals surface area (Å²) in [7, 11) is 1.85. The van der Waals surface area contributed by atoms with E-state index in [-0.39, 0.29) is 30.1 Å². The third-order valence-electron chi connectivity index (χ3n) is 8.20. The van der Waals surface area contributed by atoms with Crippen LogP contribution >= 0.6 is 11.6 Å². The van der Waals surface area contributed by atoms with Gasteiger partial charge in [-0.25, -0.2) is 22.5 Å². The first-order valence-electron chi connectivity index (χ1n) is 14.4. The van der Waals surface area contributed by atoms with Crippen molar-refractivity contribution < 1.29 is 35.5 Å². The molecule has 2 aromatic heterocycles. The van der Waals surface area contributed by atoms with Crippen LogP contribution in [0.25, 0.3) is 11.2 Å². The predicted molar refractivity (Wildman–Crippen MR) is 153 cm³/mol. The van der Waals surface area contributed by atoms with Crippen LogP contribution in [0.2, 0.25) is 5.28 Å². The molecule has 6 rings (SSSR count). The zero-order valence-electron chi connectivity index (χ0n) is 24.7. The van der Waals surface area contributed by atoms with Gasteiger partial charge in [0.15, 0.2) is 17.0 Å². The fourth-order valence-electron chi connectivity index (χ4n) is 5.97. The molecule has 0 amide bonds. The average Bonchev–Trinajstić information content (AvgIpc) is 3.61. The Kier molecular flexibility index (Phi) is 11.0. The number of ether oxygens (including phenoxy) is 1. The number of benzene rings is 1. The number of hydrogen-bond donors (Lipinski definition) is 0. The maximum atomic E-state index is 13.8. The summed E-state index contributed by atoms with van der Waals surface area (Å²) >= 11 is 6.22. The summed E-state index contributed by atoms with van der Waals surface area (Å²) < 4.78 is 93.0. The second-order valence-corrected chi connectivity index (χ2v) is 11.6. The third kappa shape index (κ3) is 7.92. The normalized spacial score (nSPS) is 21.2. The summed E-state index contributed by atoms with van der Waals surface area (Å²) in [4.78, 5) is 17.6. The van der Waals surface area contributed by atoms with Crippen molar-refractivity contribution in [2.45, 2.75) is 63.7 Å². The number of fused-ring (bicyclic) bond motifs is 1.